The van der Waals surface area contributed by atoms with Gasteiger partial charge in [0.1, 0.15) is 18.0 Å². The fourth-order valence-electron chi connectivity index (χ4n) is 6.49. The van der Waals surface area contributed by atoms with Gasteiger partial charge in [0.15, 0.2) is 0 Å². The summed E-state index contributed by atoms with van der Waals surface area (Å²) in [5, 5.41) is 16.5. The quantitative estimate of drug-likeness (QED) is 0.153. The van der Waals surface area contributed by atoms with Gasteiger partial charge in [-0.3, -0.25) is 0 Å². The Morgan fingerprint density at radius 2 is 0.935 bits per heavy atom. The van der Waals surface area contributed by atoms with E-state index in [4.69, 9.17) is 6.57 Å². The third kappa shape index (κ3) is 4.63. The predicted octanol–water partition coefficient (Wildman–Crippen LogP) is 11.0. The zero-order valence-electron chi connectivity index (χ0n) is 24.6. The van der Waals surface area contributed by atoms with Gasteiger partial charge in [0.25, 0.3) is 5.82 Å². The zero-order chi connectivity index (χ0) is 31.0. The van der Waals surface area contributed by atoms with Crippen molar-refractivity contribution in [3.63, 3.8) is 0 Å². The predicted molar refractivity (Wildman–Crippen MR) is 187 cm³/mol. The SMILES string of the molecule is [C-]#[N+]c1cc(-c2cccc(-c3cc4c5ccccc5c(-c5cccc(-c6ccnc(C#N)c6)c5)cc4c4ccccc34)c2)ccn1. The molecule has 0 radical (unpaired) electrons. The molecular formula is C42H24N4. The first-order valence-corrected chi connectivity index (χ1v) is 15.0. The van der Waals surface area contributed by atoms with Crippen molar-refractivity contribution in [2.24, 2.45) is 0 Å². The molecule has 2 aromatic heterocycles. The van der Waals surface area contributed by atoms with E-state index in [2.05, 4.69) is 130 Å². The fourth-order valence-corrected chi connectivity index (χ4v) is 6.49. The van der Waals surface area contributed by atoms with Crippen molar-refractivity contribution in [3.8, 4) is 50.6 Å². The zero-order valence-corrected chi connectivity index (χ0v) is 24.6. The minimum Gasteiger partial charge on any atom is -0.361 e. The van der Waals surface area contributed by atoms with Crippen LogP contribution in [0.3, 0.4) is 0 Å². The lowest BCUT2D eigenvalue weighted by Gasteiger charge is -2.17. The van der Waals surface area contributed by atoms with Crippen LogP contribution in [0.25, 0.3) is 81.7 Å². The third-order valence-electron chi connectivity index (χ3n) is 8.63. The number of nitrogens with zero attached hydrogens (tertiary/aromatic N) is 4. The van der Waals surface area contributed by atoms with Gasteiger partial charge in [-0.25, -0.2) is 4.98 Å². The average molecular weight is 585 g/mol. The summed E-state index contributed by atoms with van der Waals surface area (Å²) in [7, 11) is 0. The molecule has 46 heavy (non-hydrogen) atoms. The number of nitriles is 1. The maximum Gasteiger partial charge on any atom is 0.270 e. The first kappa shape index (κ1) is 27.0. The summed E-state index contributed by atoms with van der Waals surface area (Å²) in [4.78, 5) is 11.8. The number of fused-ring (bicyclic) bond motifs is 5. The second-order valence-electron chi connectivity index (χ2n) is 11.3. The van der Waals surface area contributed by atoms with Crippen molar-refractivity contribution in [2.45, 2.75) is 0 Å². The molecule has 0 saturated carbocycles. The smallest absolute Gasteiger partial charge is 0.270 e. The Hall–Kier alpha value is -6.62. The summed E-state index contributed by atoms with van der Waals surface area (Å²) in [6.07, 6.45) is 3.38. The third-order valence-corrected chi connectivity index (χ3v) is 8.63. The van der Waals surface area contributed by atoms with E-state index in [0.717, 1.165) is 44.5 Å². The lowest BCUT2D eigenvalue weighted by molar-refractivity contribution is 1.26. The number of hydrogen-bond acceptors (Lipinski definition) is 3. The molecule has 0 fully saturated rings. The van der Waals surface area contributed by atoms with Gasteiger partial charge in [0, 0.05) is 6.20 Å². The van der Waals surface area contributed by atoms with Crippen molar-refractivity contribution in [2.75, 3.05) is 0 Å². The number of hydrogen-bond donors (Lipinski definition) is 0. The normalized spacial score (nSPS) is 11.0. The van der Waals surface area contributed by atoms with E-state index in [1.807, 2.05) is 24.3 Å². The first-order chi connectivity index (χ1) is 22.7. The van der Waals surface area contributed by atoms with Crippen LogP contribution in [0.4, 0.5) is 5.82 Å². The Morgan fingerprint density at radius 1 is 0.457 bits per heavy atom. The topological polar surface area (TPSA) is 53.9 Å². The highest BCUT2D eigenvalue weighted by Crippen LogP contribution is 2.42. The highest BCUT2D eigenvalue weighted by atomic mass is 14.8. The van der Waals surface area contributed by atoms with Crippen LogP contribution in [-0.2, 0) is 0 Å². The summed E-state index contributed by atoms with van der Waals surface area (Å²) in [5.74, 6) is 0.388. The molecule has 0 N–H and O–H groups in total. The number of benzene rings is 6. The molecule has 0 aliphatic rings. The molecule has 0 atom stereocenters. The Kier molecular flexibility index (Phi) is 6.53. The van der Waals surface area contributed by atoms with E-state index < -0.39 is 0 Å². The van der Waals surface area contributed by atoms with E-state index in [-0.39, 0.29) is 0 Å². The van der Waals surface area contributed by atoms with Crippen LogP contribution in [-0.4, -0.2) is 9.97 Å². The van der Waals surface area contributed by atoms with Gasteiger partial charge < -0.3 is 4.85 Å². The van der Waals surface area contributed by atoms with Gasteiger partial charge in [0.2, 0.25) is 0 Å². The molecule has 6 aromatic carbocycles. The molecule has 0 aliphatic carbocycles. The second kappa shape index (κ2) is 11.1. The summed E-state index contributed by atoms with van der Waals surface area (Å²) < 4.78 is 0. The van der Waals surface area contributed by atoms with Crippen LogP contribution in [0, 0.1) is 17.9 Å². The van der Waals surface area contributed by atoms with E-state index in [0.29, 0.717) is 11.5 Å². The van der Waals surface area contributed by atoms with Crippen LogP contribution in [0.1, 0.15) is 5.69 Å². The van der Waals surface area contributed by atoms with E-state index in [9.17, 15) is 5.26 Å². The van der Waals surface area contributed by atoms with Crippen molar-refractivity contribution in [1.29, 1.82) is 5.26 Å². The molecule has 0 amide bonds. The van der Waals surface area contributed by atoms with Gasteiger partial charge in [-0.05, 0) is 125 Å². The molecule has 212 valence electrons. The van der Waals surface area contributed by atoms with Crippen molar-refractivity contribution in [1.82, 2.24) is 9.97 Å². The maximum absolute atomic E-state index is 9.40. The lowest BCUT2D eigenvalue weighted by atomic mass is 9.87. The Bertz CT molecular complexity index is 2390. The molecule has 2 heterocycles. The molecule has 4 heteroatoms. The molecule has 4 nitrogen and oxygen atoms in total. The highest BCUT2D eigenvalue weighted by Gasteiger charge is 2.15. The van der Waals surface area contributed by atoms with Crippen molar-refractivity contribution >= 4 is 38.1 Å². The molecule has 8 rings (SSSR count). The standard InChI is InChI=1S/C42H24N4/c1-44-42-23-30(17-19-46-42)28-9-7-11-32(21-28)39-25-41-36-14-4-2-12-34(36)38(24-40(41)37-15-5-3-13-35(37)39)31-10-6-8-27(20-31)29-16-18-45-33(22-29)26-43/h2-25H. The van der Waals surface area contributed by atoms with Gasteiger partial charge in [-0.15, -0.1) is 4.98 Å². The van der Waals surface area contributed by atoms with Gasteiger partial charge in [-0.1, -0.05) is 91.5 Å². The van der Waals surface area contributed by atoms with Crippen LogP contribution >= 0.6 is 0 Å². The second-order valence-corrected chi connectivity index (χ2v) is 11.3. The van der Waals surface area contributed by atoms with Crippen LogP contribution in [0.2, 0.25) is 0 Å². The van der Waals surface area contributed by atoms with Crippen molar-refractivity contribution < 1.29 is 0 Å². The molecule has 0 bridgehead atoms. The molecule has 0 aliphatic heterocycles. The lowest BCUT2D eigenvalue weighted by Crippen LogP contribution is -1.90. The monoisotopic (exact) mass is 584 g/mol. The van der Waals surface area contributed by atoms with Gasteiger partial charge >= 0.3 is 0 Å². The summed E-state index contributed by atoms with van der Waals surface area (Å²) in [5.41, 5.74) is 8.98. The van der Waals surface area contributed by atoms with Crippen molar-refractivity contribution in [3.05, 3.63) is 163 Å². The Morgan fingerprint density at radius 3 is 1.48 bits per heavy atom. The van der Waals surface area contributed by atoms with E-state index in [1.54, 1.807) is 12.4 Å². The van der Waals surface area contributed by atoms with E-state index >= 15 is 0 Å². The molecule has 0 saturated heterocycles. The minimum absolute atomic E-state index is 0.388. The number of rotatable bonds is 4. The summed E-state index contributed by atoms with van der Waals surface area (Å²) in [6, 6.07) is 48.7. The summed E-state index contributed by atoms with van der Waals surface area (Å²) in [6.45, 7) is 7.40. The molecule has 0 unspecified atom stereocenters. The summed E-state index contributed by atoms with van der Waals surface area (Å²) >= 11 is 0. The maximum atomic E-state index is 9.40. The average Bonchev–Trinajstić information content (AvgIpc) is 3.14. The van der Waals surface area contributed by atoms with Crippen LogP contribution in [0.5, 0.6) is 0 Å². The Labute approximate surface area is 266 Å². The largest absolute Gasteiger partial charge is 0.361 e. The number of pyridine rings is 2. The molecule has 8 aromatic rings. The first-order valence-electron chi connectivity index (χ1n) is 15.0. The van der Waals surface area contributed by atoms with Gasteiger partial charge in [-0.2, -0.15) is 5.26 Å². The molecular weight excluding hydrogens is 560 g/mol. The van der Waals surface area contributed by atoms with E-state index in [1.165, 1.54) is 32.3 Å². The highest BCUT2D eigenvalue weighted by molar-refractivity contribution is 6.23. The van der Waals surface area contributed by atoms with Crippen LogP contribution < -0.4 is 0 Å². The number of aromatic nitrogens is 2. The van der Waals surface area contributed by atoms with Gasteiger partial charge in [0.05, 0.1) is 0 Å². The Balaban J connectivity index is 1.36. The molecule has 0 spiro atoms. The fraction of sp³-hybridized carbons (Fsp3) is 0. The minimum atomic E-state index is 0.388. The van der Waals surface area contributed by atoms with Crippen LogP contribution in [0.15, 0.2) is 146 Å².